The second kappa shape index (κ2) is 7.00. The second-order valence-corrected chi connectivity index (χ2v) is 8.41. The van der Waals surface area contributed by atoms with Gasteiger partial charge in [-0.1, -0.05) is 17.7 Å². The molecule has 3 rings (SSSR count). The highest BCUT2D eigenvalue weighted by atomic mass is 35.5. The largest absolute Gasteiger partial charge is 0.368 e. The Balaban J connectivity index is 1.69. The second-order valence-electron chi connectivity index (χ2n) is 6.09. The molecule has 132 valence electrons. The molecule has 8 heteroatoms. The van der Waals surface area contributed by atoms with Crippen LogP contribution in [0.4, 0.5) is 0 Å². The van der Waals surface area contributed by atoms with Crippen LogP contribution in [0.2, 0.25) is 5.02 Å². The summed E-state index contributed by atoms with van der Waals surface area (Å²) in [5.41, 5.74) is 0.553. The van der Waals surface area contributed by atoms with Gasteiger partial charge in [0.1, 0.15) is 6.10 Å². The fourth-order valence-corrected chi connectivity index (χ4v) is 5.03. The summed E-state index contributed by atoms with van der Waals surface area (Å²) in [6.07, 6.45) is 1.29. The highest BCUT2D eigenvalue weighted by Gasteiger charge is 2.34. The van der Waals surface area contributed by atoms with E-state index in [1.807, 2.05) is 0 Å². The Labute approximate surface area is 147 Å². The summed E-state index contributed by atoms with van der Waals surface area (Å²) in [4.78, 5) is 14.3. The Hall–Kier alpha value is -1.15. The Morgan fingerprint density at radius 2 is 1.96 bits per heavy atom. The average molecular weight is 373 g/mol. The van der Waals surface area contributed by atoms with Crippen LogP contribution in [0.5, 0.6) is 0 Å². The Kier molecular flexibility index (Phi) is 5.15. The molecule has 1 amide bonds. The summed E-state index contributed by atoms with van der Waals surface area (Å²) in [7, 11) is -3.60. The third-order valence-electron chi connectivity index (χ3n) is 4.59. The molecule has 6 nitrogen and oxygen atoms in total. The maximum atomic E-state index is 12.8. The first-order valence-corrected chi connectivity index (χ1v) is 9.89. The van der Waals surface area contributed by atoms with Gasteiger partial charge in [0.05, 0.1) is 4.90 Å². The number of nitrogens with zero attached hydrogens (tertiary/aromatic N) is 2. The molecule has 2 fully saturated rings. The number of rotatable bonds is 3. The van der Waals surface area contributed by atoms with Crippen LogP contribution >= 0.6 is 11.6 Å². The molecule has 24 heavy (non-hydrogen) atoms. The molecule has 0 radical (unpaired) electrons. The third kappa shape index (κ3) is 3.31. The lowest BCUT2D eigenvalue weighted by atomic mass is 10.2. The standard InChI is InChI=1S/C16H21ClN2O4S/c1-12-13(17)4-2-6-15(12)24(21,22)19-9-7-18(8-10-19)16(20)14-5-3-11-23-14/h2,4,6,14H,3,5,7-11H2,1H3/t14-/m1/s1. The van der Waals surface area contributed by atoms with Crippen LogP contribution in [0.15, 0.2) is 23.1 Å². The molecule has 2 aliphatic heterocycles. The first-order chi connectivity index (χ1) is 11.4. The van der Waals surface area contributed by atoms with Crippen LogP contribution in [0, 0.1) is 6.92 Å². The summed E-state index contributed by atoms with van der Waals surface area (Å²) < 4.78 is 32.5. The van der Waals surface area contributed by atoms with Crippen molar-refractivity contribution in [3.63, 3.8) is 0 Å². The number of hydrogen-bond acceptors (Lipinski definition) is 4. The van der Waals surface area contributed by atoms with Crippen LogP contribution in [0.3, 0.4) is 0 Å². The quantitative estimate of drug-likeness (QED) is 0.809. The predicted molar refractivity (Wildman–Crippen MR) is 90.5 cm³/mol. The lowest BCUT2D eigenvalue weighted by molar-refractivity contribution is -0.142. The lowest BCUT2D eigenvalue weighted by Gasteiger charge is -2.35. The normalized spacial score (nSPS) is 22.8. The molecule has 2 aliphatic rings. The Morgan fingerprint density at radius 1 is 1.25 bits per heavy atom. The van der Waals surface area contributed by atoms with Crippen molar-refractivity contribution in [3.8, 4) is 0 Å². The first-order valence-electron chi connectivity index (χ1n) is 8.07. The molecule has 1 aromatic rings. The highest BCUT2D eigenvalue weighted by Crippen LogP contribution is 2.26. The molecule has 0 unspecified atom stereocenters. The summed E-state index contributed by atoms with van der Waals surface area (Å²) >= 11 is 6.05. The molecule has 1 atom stereocenters. The van der Waals surface area contributed by atoms with Gasteiger partial charge in [-0.05, 0) is 37.5 Å². The van der Waals surface area contributed by atoms with Gasteiger partial charge in [0.25, 0.3) is 5.91 Å². The maximum absolute atomic E-state index is 12.8. The predicted octanol–water partition coefficient (Wildman–Crippen LogP) is 1.66. The molecule has 0 aromatic heterocycles. The SMILES string of the molecule is Cc1c(Cl)cccc1S(=O)(=O)N1CCN(C(=O)[C@H]2CCCO2)CC1. The van der Waals surface area contributed by atoms with Crippen molar-refractivity contribution >= 4 is 27.5 Å². The summed E-state index contributed by atoms with van der Waals surface area (Å²) in [6, 6.07) is 4.88. The smallest absolute Gasteiger partial charge is 0.251 e. The van der Waals surface area contributed by atoms with E-state index in [0.717, 1.165) is 12.8 Å². The van der Waals surface area contributed by atoms with Crippen molar-refractivity contribution < 1.29 is 17.9 Å². The molecule has 0 N–H and O–H groups in total. The topological polar surface area (TPSA) is 66.9 Å². The monoisotopic (exact) mass is 372 g/mol. The summed E-state index contributed by atoms with van der Waals surface area (Å²) in [5, 5.41) is 0.434. The molecule has 0 aliphatic carbocycles. The van der Waals surface area contributed by atoms with Crippen molar-refractivity contribution in [1.29, 1.82) is 0 Å². The lowest BCUT2D eigenvalue weighted by Crippen LogP contribution is -2.52. The molecule has 1 aromatic carbocycles. The van der Waals surface area contributed by atoms with E-state index in [-0.39, 0.29) is 30.0 Å². The molecular formula is C16H21ClN2O4S. The Morgan fingerprint density at radius 3 is 2.58 bits per heavy atom. The van der Waals surface area contributed by atoms with Gasteiger partial charge in [-0.25, -0.2) is 8.42 Å². The van der Waals surface area contributed by atoms with E-state index in [1.54, 1.807) is 30.0 Å². The molecule has 0 bridgehead atoms. The van der Waals surface area contributed by atoms with Crippen LogP contribution in [-0.4, -0.2) is 62.4 Å². The van der Waals surface area contributed by atoms with Crippen molar-refractivity contribution in [2.75, 3.05) is 32.8 Å². The fourth-order valence-electron chi connectivity index (χ4n) is 3.13. The Bertz CT molecular complexity index is 724. The fraction of sp³-hybridized carbons (Fsp3) is 0.562. The van der Waals surface area contributed by atoms with E-state index < -0.39 is 10.0 Å². The van der Waals surface area contributed by atoms with Gasteiger partial charge in [-0.3, -0.25) is 4.79 Å². The number of hydrogen-bond donors (Lipinski definition) is 0. The van der Waals surface area contributed by atoms with Gasteiger partial charge < -0.3 is 9.64 Å². The maximum Gasteiger partial charge on any atom is 0.251 e. The van der Waals surface area contributed by atoms with E-state index in [9.17, 15) is 13.2 Å². The van der Waals surface area contributed by atoms with E-state index in [2.05, 4.69) is 0 Å². The molecule has 0 saturated carbocycles. The minimum atomic E-state index is -3.60. The number of carbonyl (C=O) groups is 1. The van der Waals surface area contributed by atoms with E-state index in [4.69, 9.17) is 16.3 Å². The zero-order chi connectivity index (χ0) is 17.3. The number of sulfonamides is 1. The number of benzene rings is 1. The van der Waals surface area contributed by atoms with Gasteiger partial charge in [-0.15, -0.1) is 0 Å². The minimum absolute atomic E-state index is 0.0246. The zero-order valence-electron chi connectivity index (χ0n) is 13.6. The van der Waals surface area contributed by atoms with Crippen LogP contribution in [0.25, 0.3) is 0 Å². The van der Waals surface area contributed by atoms with Gasteiger partial charge in [-0.2, -0.15) is 4.31 Å². The first kappa shape index (κ1) is 17.7. The van der Waals surface area contributed by atoms with Crippen LogP contribution in [-0.2, 0) is 19.6 Å². The van der Waals surface area contributed by atoms with Crippen molar-refractivity contribution in [2.24, 2.45) is 0 Å². The number of amides is 1. The van der Waals surface area contributed by atoms with Gasteiger partial charge in [0, 0.05) is 37.8 Å². The minimum Gasteiger partial charge on any atom is -0.368 e. The highest BCUT2D eigenvalue weighted by molar-refractivity contribution is 7.89. The van der Waals surface area contributed by atoms with Crippen LogP contribution in [0.1, 0.15) is 18.4 Å². The van der Waals surface area contributed by atoms with Crippen molar-refractivity contribution in [3.05, 3.63) is 28.8 Å². The summed E-state index contributed by atoms with van der Waals surface area (Å²) in [6.45, 7) is 3.67. The number of carbonyl (C=O) groups excluding carboxylic acids is 1. The van der Waals surface area contributed by atoms with Crippen molar-refractivity contribution in [2.45, 2.75) is 30.8 Å². The average Bonchev–Trinajstić information content (AvgIpc) is 3.11. The zero-order valence-corrected chi connectivity index (χ0v) is 15.1. The molecule has 0 spiro atoms. The third-order valence-corrected chi connectivity index (χ3v) is 7.04. The van der Waals surface area contributed by atoms with Gasteiger partial charge >= 0.3 is 0 Å². The number of ether oxygens (including phenoxy) is 1. The van der Waals surface area contributed by atoms with E-state index >= 15 is 0 Å². The molecular weight excluding hydrogens is 352 g/mol. The van der Waals surface area contributed by atoms with Gasteiger partial charge in [0.15, 0.2) is 0 Å². The van der Waals surface area contributed by atoms with Gasteiger partial charge in [0.2, 0.25) is 10.0 Å². The number of halogens is 1. The number of piperazine rings is 1. The summed E-state index contributed by atoms with van der Waals surface area (Å²) in [5.74, 6) is -0.0246. The van der Waals surface area contributed by atoms with Crippen molar-refractivity contribution in [1.82, 2.24) is 9.21 Å². The van der Waals surface area contributed by atoms with Crippen LogP contribution < -0.4 is 0 Å². The van der Waals surface area contributed by atoms with E-state index in [0.29, 0.717) is 30.3 Å². The molecule has 2 heterocycles. The molecule has 2 saturated heterocycles. The van der Waals surface area contributed by atoms with E-state index in [1.165, 1.54) is 4.31 Å².